The van der Waals surface area contributed by atoms with Crippen LogP contribution in [0.25, 0.3) is 0 Å². The summed E-state index contributed by atoms with van der Waals surface area (Å²) in [5.41, 5.74) is 5.58. The van der Waals surface area contributed by atoms with E-state index in [1.54, 1.807) is 18.2 Å². The summed E-state index contributed by atoms with van der Waals surface area (Å²) >= 11 is 5.98. The van der Waals surface area contributed by atoms with E-state index < -0.39 is 11.8 Å². The number of benzene rings is 2. The first-order valence-electron chi connectivity index (χ1n) is 7.87. The van der Waals surface area contributed by atoms with E-state index in [0.717, 1.165) is 11.1 Å². The van der Waals surface area contributed by atoms with Crippen LogP contribution in [0.5, 0.6) is 0 Å². The van der Waals surface area contributed by atoms with Crippen LogP contribution >= 0.6 is 11.6 Å². The number of hydrazone groups is 1. The first kappa shape index (κ1) is 18.7. The maximum absolute atomic E-state index is 11.8. The Bertz CT molecular complexity index is 799. The number of nitrogens with zero attached hydrogens (tertiary/aromatic N) is 1. The normalized spacial score (nSPS) is 10.9. The Labute approximate surface area is 152 Å². The molecule has 0 aliphatic heterocycles. The highest BCUT2D eigenvalue weighted by atomic mass is 35.5. The summed E-state index contributed by atoms with van der Waals surface area (Å²) in [4.78, 5) is 23.6. The molecule has 2 N–H and O–H groups in total. The van der Waals surface area contributed by atoms with Crippen LogP contribution in [0.2, 0.25) is 5.02 Å². The second-order valence-electron chi connectivity index (χ2n) is 5.94. The molecule has 2 aromatic carbocycles. The molecule has 0 heterocycles. The number of carbonyl (C=O) groups is 2. The van der Waals surface area contributed by atoms with Crippen LogP contribution in [0.1, 0.15) is 36.5 Å². The summed E-state index contributed by atoms with van der Waals surface area (Å²) in [6, 6.07) is 12.8. The molecule has 25 heavy (non-hydrogen) atoms. The Morgan fingerprint density at radius 2 is 1.76 bits per heavy atom. The lowest BCUT2D eigenvalue weighted by Crippen LogP contribution is -2.32. The van der Waals surface area contributed by atoms with Crippen molar-refractivity contribution >= 4 is 35.3 Å². The second kappa shape index (κ2) is 8.44. The van der Waals surface area contributed by atoms with Gasteiger partial charge < -0.3 is 5.32 Å². The van der Waals surface area contributed by atoms with Crippen LogP contribution in [-0.4, -0.2) is 18.0 Å². The molecule has 2 amide bonds. The molecule has 2 rings (SSSR count). The predicted octanol–water partition coefficient (Wildman–Crippen LogP) is 3.86. The molecule has 0 atom stereocenters. The van der Waals surface area contributed by atoms with Crippen molar-refractivity contribution in [2.45, 2.75) is 26.7 Å². The van der Waals surface area contributed by atoms with E-state index in [9.17, 15) is 9.59 Å². The largest absolute Gasteiger partial charge is 0.329 e. The van der Waals surface area contributed by atoms with Gasteiger partial charge in [-0.3, -0.25) is 9.59 Å². The molecule has 0 spiro atoms. The highest BCUT2D eigenvalue weighted by Crippen LogP contribution is 2.19. The van der Waals surface area contributed by atoms with Crippen molar-refractivity contribution in [2.75, 3.05) is 5.32 Å². The van der Waals surface area contributed by atoms with Crippen molar-refractivity contribution in [3.8, 4) is 0 Å². The Hall–Kier alpha value is -2.66. The Balaban J connectivity index is 1.90. The lowest BCUT2D eigenvalue weighted by molar-refractivity contribution is -0.136. The fraction of sp³-hybridized carbons (Fsp3) is 0.211. The van der Waals surface area contributed by atoms with Crippen LogP contribution in [0, 0.1) is 6.92 Å². The third kappa shape index (κ3) is 5.43. The summed E-state index contributed by atoms with van der Waals surface area (Å²) < 4.78 is 0. The minimum Gasteiger partial charge on any atom is -0.318 e. The highest BCUT2D eigenvalue weighted by molar-refractivity contribution is 6.39. The van der Waals surface area contributed by atoms with Crippen molar-refractivity contribution in [1.82, 2.24) is 5.43 Å². The van der Waals surface area contributed by atoms with E-state index in [1.807, 2.05) is 31.2 Å². The van der Waals surface area contributed by atoms with Crippen molar-refractivity contribution in [3.63, 3.8) is 0 Å². The first-order chi connectivity index (χ1) is 11.9. The van der Waals surface area contributed by atoms with E-state index in [1.165, 1.54) is 11.8 Å². The van der Waals surface area contributed by atoms with Crippen LogP contribution in [0.4, 0.5) is 5.69 Å². The van der Waals surface area contributed by atoms with Crippen molar-refractivity contribution in [3.05, 3.63) is 64.2 Å². The fourth-order valence-corrected chi connectivity index (χ4v) is 2.22. The molecule has 0 unspecified atom stereocenters. The lowest BCUT2D eigenvalue weighted by atomic mass is 10.0. The average Bonchev–Trinajstić information content (AvgIpc) is 2.58. The number of anilines is 1. The standard InChI is InChI=1S/C19H20ClN3O2/c1-12(2)15-7-5-14(6-8-15)11-21-23-19(25)18(24)22-16-9-4-13(3)17(20)10-16/h4-12H,1-3H3,(H,22,24)(H,23,25)/b21-11+. The Kier molecular flexibility index (Phi) is 6.31. The number of carbonyl (C=O) groups excluding carboxylic acids is 2. The maximum atomic E-state index is 11.8. The number of rotatable bonds is 4. The molecule has 0 radical (unpaired) electrons. The van der Waals surface area contributed by atoms with E-state index in [4.69, 9.17) is 11.6 Å². The summed E-state index contributed by atoms with van der Waals surface area (Å²) in [6.07, 6.45) is 1.48. The predicted molar refractivity (Wildman–Crippen MR) is 101 cm³/mol. The van der Waals surface area contributed by atoms with Crippen LogP contribution in [0.15, 0.2) is 47.6 Å². The van der Waals surface area contributed by atoms with Gasteiger partial charge in [0, 0.05) is 10.7 Å². The monoisotopic (exact) mass is 357 g/mol. The SMILES string of the molecule is Cc1ccc(NC(=O)C(=O)N/N=C/c2ccc(C(C)C)cc2)cc1Cl. The maximum Gasteiger partial charge on any atom is 0.329 e. The zero-order valence-electron chi connectivity index (χ0n) is 14.3. The van der Waals surface area contributed by atoms with Crippen molar-refractivity contribution in [1.29, 1.82) is 0 Å². The summed E-state index contributed by atoms with van der Waals surface area (Å²) in [5.74, 6) is -1.22. The van der Waals surface area contributed by atoms with E-state index >= 15 is 0 Å². The number of amides is 2. The fourth-order valence-electron chi connectivity index (χ4n) is 2.04. The molecule has 5 nitrogen and oxygen atoms in total. The van der Waals surface area contributed by atoms with Gasteiger partial charge in [0.2, 0.25) is 0 Å². The van der Waals surface area contributed by atoms with Gasteiger partial charge in [-0.1, -0.05) is 55.8 Å². The van der Waals surface area contributed by atoms with Gasteiger partial charge in [-0.25, -0.2) is 5.43 Å². The van der Waals surface area contributed by atoms with Gasteiger partial charge >= 0.3 is 11.8 Å². The third-order valence-electron chi connectivity index (χ3n) is 3.62. The molecular formula is C19H20ClN3O2. The van der Waals surface area contributed by atoms with Gasteiger partial charge in [-0.05, 0) is 41.7 Å². The van der Waals surface area contributed by atoms with Gasteiger partial charge in [0.05, 0.1) is 6.21 Å². The molecule has 130 valence electrons. The van der Waals surface area contributed by atoms with Gasteiger partial charge in [0.15, 0.2) is 0 Å². The zero-order valence-corrected chi connectivity index (χ0v) is 15.1. The van der Waals surface area contributed by atoms with Gasteiger partial charge in [-0.15, -0.1) is 0 Å². The molecule has 0 aromatic heterocycles. The summed E-state index contributed by atoms with van der Waals surface area (Å²) in [7, 11) is 0. The molecule has 2 aromatic rings. The molecule has 0 bridgehead atoms. The Morgan fingerprint density at radius 1 is 1.08 bits per heavy atom. The van der Waals surface area contributed by atoms with Crippen molar-refractivity contribution < 1.29 is 9.59 Å². The molecule has 0 fully saturated rings. The number of halogens is 1. The summed E-state index contributed by atoms with van der Waals surface area (Å²) in [5, 5.41) is 6.78. The van der Waals surface area contributed by atoms with E-state index in [0.29, 0.717) is 16.6 Å². The van der Waals surface area contributed by atoms with Crippen molar-refractivity contribution in [2.24, 2.45) is 5.10 Å². The van der Waals surface area contributed by atoms with E-state index in [-0.39, 0.29) is 0 Å². The summed E-state index contributed by atoms with van der Waals surface area (Å²) in [6.45, 7) is 6.08. The highest BCUT2D eigenvalue weighted by Gasteiger charge is 2.13. The lowest BCUT2D eigenvalue weighted by Gasteiger charge is -2.06. The number of nitrogens with one attached hydrogen (secondary N) is 2. The van der Waals surface area contributed by atoms with E-state index in [2.05, 4.69) is 29.7 Å². The molecule has 0 aliphatic carbocycles. The number of hydrogen-bond donors (Lipinski definition) is 2. The second-order valence-corrected chi connectivity index (χ2v) is 6.35. The van der Waals surface area contributed by atoms with Crippen LogP contribution in [0.3, 0.4) is 0 Å². The van der Waals surface area contributed by atoms with Crippen LogP contribution in [-0.2, 0) is 9.59 Å². The average molecular weight is 358 g/mol. The van der Waals surface area contributed by atoms with Gasteiger partial charge in [-0.2, -0.15) is 5.10 Å². The minimum absolute atomic E-state index is 0.448. The smallest absolute Gasteiger partial charge is 0.318 e. The third-order valence-corrected chi connectivity index (χ3v) is 4.03. The number of aryl methyl sites for hydroxylation is 1. The molecule has 0 aliphatic rings. The molecule has 6 heteroatoms. The molecule has 0 saturated heterocycles. The topological polar surface area (TPSA) is 70.6 Å². The van der Waals surface area contributed by atoms with Gasteiger partial charge in [0.25, 0.3) is 0 Å². The Morgan fingerprint density at radius 3 is 2.36 bits per heavy atom. The zero-order chi connectivity index (χ0) is 18.4. The minimum atomic E-state index is -0.855. The number of hydrogen-bond acceptors (Lipinski definition) is 3. The molecular weight excluding hydrogens is 338 g/mol. The first-order valence-corrected chi connectivity index (χ1v) is 8.25. The van der Waals surface area contributed by atoms with Gasteiger partial charge in [0.1, 0.15) is 0 Å². The quantitative estimate of drug-likeness (QED) is 0.495. The van der Waals surface area contributed by atoms with Crippen LogP contribution < -0.4 is 10.7 Å². The molecule has 0 saturated carbocycles.